The van der Waals surface area contributed by atoms with Gasteiger partial charge in [-0.15, -0.1) is 0 Å². The Labute approximate surface area is 112 Å². The van der Waals surface area contributed by atoms with Crippen LogP contribution >= 0.6 is 0 Å². The van der Waals surface area contributed by atoms with Gasteiger partial charge in [0, 0.05) is 12.4 Å². The van der Waals surface area contributed by atoms with E-state index < -0.39 is 17.6 Å². The zero-order valence-electron chi connectivity index (χ0n) is 10.2. The maximum absolute atomic E-state index is 11.7. The van der Waals surface area contributed by atoms with Crippen LogP contribution in [-0.2, 0) is 11.3 Å². The maximum atomic E-state index is 11.7. The van der Waals surface area contributed by atoms with Crippen molar-refractivity contribution in [3.8, 4) is 0 Å². The molecule has 0 aromatic carbocycles. The monoisotopic (exact) mass is 274 g/mol. The van der Waals surface area contributed by atoms with Gasteiger partial charge in [0.05, 0.1) is 0 Å². The molecule has 8 heteroatoms. The summed E-state index contributed by atoms with van der Waals surface area (Å²) in [5.41, 5.74) is -0.726. The number of pyridine rings is 1. The zero-order valence-corrected chi connectivity index (χ0v) is 10.2. The Morgan fingerprint density at radius 2 is 2.10 bits per heavy atom. The topological polar surface area (TPSA) is 114 Å². The van der Waals surface area contributed by atoms with E-state index in [0.717, 1.165) is 4.57 Å². The fraction of sp³-hybridized carbons (Fsp3) is 0.0833. The van der Waals surface area contributed by atoms with Crippen LogP contribution in [0.3, 0.4) is 0 Å². The van der Waals surface area contributed by atoms with E-state index in [2.05, 4.69) is 15.3 Å². The van der Waals surface area contributed by atoms with E-state index >= 15 is 0 Å². The summed E-state index contributed by atoms with van der Waals surface area (Å²) in [6.07, 6.45) is 2.75. The van der Waals surface area contributed by atoms with E-state index in [0.29, 0.717) is 0 Å². The van der Waals surface area contributed by atoms with Gasteiger partial charge in [-0.25, -0.2) is 19.6 Å². The maximum Gasteiger partial charge on any atom is 0.354 e. The van der Waals surface area contributed by atoms with Crippen molar-refractivity contribution in [3.63, 3.8) is 0 Å². The van der Waals surface area contributed by atoms with Gasteiger partial charge in [0.1, 0.15) is 12.4 Å². The van der Waals surface area contributed by atoms with Crippen LogP contribution in [0.2, 0.25) is 0 Å². The Hall–Kier alpha value is -3.03. The highest BCUT2D eigenvalue weighted by Crippen LogP contribution is 2.04. The molecule has 102 valence electrons. The van der Waals surface area contributed by atoms with E-state index in [1.54, 1.807) is 0 Å². The molecule has 0 unspecified atom stereocenters. The fourth-order valence-corrected chi connectivity index (χ4v) is 1.47. The molecular weight excluding hydrogens is 264 g/mol. The number of hydrogen-bond acceptors (Lipinski definition) is 5. The molecule has 0 bridgehead atoms. The molecule has 8 nitrogen and oxygen atoms in total. The quantitative estimate of drug-likeness (QED) is 0.809. The smallest absolute Gasteiger partial charge is 0.354 e. The fourth-order valence-electron chi connectivity index (χ4n) is 1.47. The van der Waals surface area contributed by atoms with Crippen LogP contribution in [0.4, 0.5) is 5.82 Å². The first kappa shape index (κ1) is 13.4. The average molecular weight is 274 g/mol. The largest absolute Gasteiger partial charge is 0.477 e. The second-order valence-electron chi connectivity index (χ2n) is 3.79. The Balaban J connectivity index is 2.09. The molecule has 0 spiro atoms. The van der Waals surface area contributed by atoms with Crippen molar-refractivity contribution in [1.82, 2.24) is 14.5 Å². The van der Waals surface area contributed by atoms with Crippen LogP contribution in [0.1, 0.15) is 10.5 Å². The molecule has 0 fully saturated rings. The molecule has 0 aliphatic heterocycles. The van der Waals surface area contributed by atoms with E-state index in [1.807, 2.05) is 0 Å². The van der Waals surface area contributed by atoms with Gasteiger partial charge in [0.15, 0.2) is 5.69 Å². The van der Waals surface area contributed by atoms with E-state index in [4.69, 9.17) is 5.11 Å². The molecule has 2 aromatic heterocycles. The molecule has 20 heavy (non-hydrogen) atoms. The number of rotatable bonds is 4. The molecular formula is C12H10N4O4. The number of anilines is 1. The summed E-state index contributed by atoms with van der Waals surface area (Å²) in [7, 11) is 0. The van der Waals surface area contributed by atoms with Crippen LogP contribution < -0.4 is 11.0 Å². The molecule has 0 aliphatic rings. The molecule has 2 N–H and O–H groups in total. The van der Waals surface area contributed by atoms with Gasteiger partial charge in [0.2, 0.25) is 5.91 Å². The van der Waals surface area contributed by atoms with Crippen molar-refractivity contribution in [2.24, 2.45) is 0 Å². The van der Waals surface area contributed by atoms with Gasteiger partial charge in [-0.1, -0.05) is 6.07 Å². The van der Waals surface area contributed by atoms with Crippen LogP contribution in [0.5, 0.6) is 0 Å². The van der Waals surface area contributed by atoms with Gasteiger partial charge < -0.3 is 10.4 Å². The SMILES string of the molecule is O=C(Cn1cccnc1=O)Nc1cccc(C(=O)O)n1. The number of amides is 1. The number of aromatic carboxylic acids is 1. The lowest BCUT2D eigenvalue weighted by Crippen LogP contribution is -2.28. The van der Waals surface area contributed by atoms with Crippen molar-refractivity contribution in [3.05, 3.63) is 52.8 Å². The number of nitrogens with one attached hydrogen (secondary N) is 1. The number of carboxylic acids is 1. The molecule has 2 heterocycles. The van der Waals surface area contributed by atoms with E-state index in [9.17, 15) is 14.4 Å². The standard InChI is InChI=1S/C12H10N4O4/c17-10(7-16-6-2-5-13-12(16)20)15-9-4-1-3-8(14-9)11(18)19/h1-6H,7H2,(H,18,19)(H,14,15,17). The van der Waals surface area contributed by atoms with Gasteiger partial charge >= 0.3 is 11.7 Å². The highest BCUT2D eigenvalue weighted by Gasteiger charge is 2.08. The summed E-state index contributed by atoms with van der Waals surface area (Å²) >= 11 is 0. The van der Waals surface area contributed by atoms with Crippen LogP contribution in [0.25, 0.3) is 0 Å². The first-order valence-electron chi connectivity index (χ1n) is 5.58. The normalized spacial score (nSPS) is 10.0. The van der Waals surface area contributed by atoms with Crippen LogP contribution in [0.15, 0.2) is 41.5 Å². The lowest BCUT2D eigenvalue weighted by atomic mass is 10.3. The van der Waals surface area contributed by atoms with Gasteiger partial charge in [-0.05, 0) is 18.2 Å². The number of nitrogens with zero attached hydrogens (tertiary/aromatic N) is 3. The molecule has 0 radical (unpaired) electrons. The second-order valence-corrected chi connectivity index (χ2v) is 3.79. The van der Waals surface area contributed by atoms with Crippen molar-refractivity contribution in [2.45, 2.75) is 6.54 Å². The van der Waals surface area contributed by atoms with Crippen LogP contribution in [-0.4, -0.2) is 31.5 Å². The minimum atomic E-state index is -1.19. The Kier molecular flexibility index (Phi) is 3.85. The summed E-state index contributed by atoms with van der Waals surface area (Å²) in [4.78, 5) is 41.1. The highest BCUT2D eigenvalue weighted by molar-refractivity contribution is 5.91. The van der Waals surface area contributed by atoms with Crippen molar-refractivity contribution >= 4 is 17.7 Å². The lowest BCUT2D eigenvalue weighted by molar-refractivity contribution is -0.116. The Morgan fingerprint density at radius 1 is 1.30 bits per heavy atom. The number of hydrogen-bond donors (Lipinski definition) is 2. The minimum Gasteiger partial charge on any atom is -0.477 e. The summed E-state index contributed by atoms with van der Waals surface area (Å²) in [6, 6.07) is 5.75. The lowest BCUT2D eigenvalue weighted by Gasteiger charge is -2.06. The third kappa shape index (κ3) is 3.25. The zero-order chi connectivity index (χ0) is 14.5. The van der Waals surface area contributed by atoms with Gasteiger partial charge in [-0.3, -0.25) is 9.36 Å². The van der Waals surface area contributed by atoms with Gasteiger partial charge in [-0.2, -0.15) is 0 Å². The van der Waals surface area contributed by atoms with E-state index in [1.165, 1.54) is 36.7 Å². The van der Waals surface area contributed by atoms with Crippen molar-refractivity contribution in [2.75, 3.05) is 5.32 Å². The molecule has 0 saturated heterocycles. The van der Waals surface area contributed by atoms with Crippen LogP contribution in [0, 0.1) is 0 Å². The second kappa shape index (κ2) is 5.74. The highest BCUT2D eigenvalue weighted by atomic mass is 16.4. The molecule has 2 aromatic rings. The molecule has 0 aliphatic carbocycles. The van der Waals surface area contributed by atoms with Crippen molar-refractivity contribution in [1.29, 1.82) is 0 Å². The summed E-state index contributed by atoms with van der Waals surface area (Å²) < 4.78 is 1.12. The predicted octanol–water partition coefficient (Wildman–Crippen LogP) is -0.0248. The molecule has 1 amide bonds. The Morgan fingerprint density at radius 3 is 2.80 bits per heavy atom. The number of carbonyl (C=O) groups is 2. The molecule has 0 atom stereocenters. The first-order valence-corrected chi connectivity index (χ1v) is 5.58. The summed E-state index contributed by atoms with van der Waals surface area (Å²) in [6.45, 7) is -0.231. The number of carbonyl (C=O) groups excluding carboxylic acids is 1. The van der Waals surface area contributed by atoms with Gasteiger partial charge in [0.25, 0.3) is 0 Å². The number of aromatic nitrogens is 3. The summed E-state index contributed by atoms with van der Waals surface area (Å²) in [5.74, 6) is -1.59. The third-order valence-corrected chi connectivity index (χ3v) is 2.33. The summed E-state index contributed by atoms with van der Waals surface area (Å²) in [5, 5.41) is 11.2. The third-order valence-electron chi connectivity index (χ3n) is 2.33. The Bertz CT molecular complexity index is 710. The van der Waals surface area contributed by atoms with E-state index in [-0.39, 0.29) is 18.1 Å². The predicted molar refractivity (Wildman–Crippen MR) is 68.3 cm³/mol. The minimum absolute atomic E-state index is 0.104. The molecule has 2 rings (SSSR count). The number of carboxylic acid groups (broad SMARTS) is 1. The van der Waals surface area contributed by atoms with Crippen molar-refractivity contribution < 1.29 is 14.7 Å². The molecule has 0 saturated carbocycles. The first-order chi connectivity index (χ1) is 9.56. The average Bonchev–Trinajstić information content (AvgIpc) is 2.41.